The quantitative estimate of drug-likeness (QED) is 0.587. The lowest BCUT2D eigenvalue weighted by Crippen LogP contribution is -2.23. The van der Waals surface area contributed by atoms with E-state index in [1.54, 1.807) is 13.0 Å². The molecule has 0 heterocycles. The Balaban J connectivity index is 3.12. The largest absolute Gasteiger partial charge is 0.301 e. The number of Topliss-reactive ketones (excluding diaryl/α,β-unsaturated/α-hetero) is 1. The maximum atomic E-state index is 11.9. The average molecular weight is 328 g/mol. The number of benzene rings is 1. The number of rotatable bonds is 6. The van der Waals surface area contributed by atoms with Crippen molar-refractivity contribution < 1.29 is 18.0 Å². The van der Waals surface area contributed by atoms with Gasteiger partial charge in [-0.05, 0) is 24.1 Å². The minimum absolute atomic E-state index is 0.0502. The predicted molar refractivity (Wildman–Crippen MR) is 77.6 cm³/mol. The van der Waals surface area contributed by atoms with Gasteiger partial charge in [0, 0.05) is 17.2 Å². The third kappa shape index (κ3) is 4.38. The van der Waals surface area contributed by atoms with Crippen molar-refractivity contribution in [1.29, 1.82) is 5.26 Å². The van der Waals surface area contributed by atoms with Gasteiger partial charge >= 0.3 is 0 Å². The predicted octanol–water partition coefficient (Wildman–Crippen LogP) is 1.83. The number of carbonyl (C=O) groups excluding carboxylic acids is 2. The molecule has 0 aliphatic heterocycles. The molecule has 112 valence electrons. The number of nitrogens with zero attached hydrogens (tertiary/aromatic N) is 1. The maximum absolute atomic E-state index is 11.9. The number of ketones is 1. The lowest BCUT2D eigenvalue weighted by Gasteiger charge is -2.14. The summed E-state index contributed by atoms with van der Waals surface area (Å²) >= 11 is 5.80. The van der Waals surface area contributed by atoms with E-state index in [1.807, 2.05) is 0 Å². The second kappa shape index (κ2) is 6.83. The Kier molecular flexibility index (Phi) is 5.64. The van der Waals surface area contributed by atoms with E-state index >= 15 is 0 Å². The van der Waals surface area contributed by atoms with Crippen LogP contribution in [-0.2, 0) is 25.8 Å². The monoisotopic (exact) mass is 327 g/mol. The van der Waals surface area contributed by atoms with E-state index in [9.17, 15) is 18.0 Å². The van der Waals surface area contributed by atoms with Crippen LogP contribution in [-0.4, -0.2) is 26.7 Å². The zero-order chi connectivity index (χ0) is 16.2. The molecule has 0 spiro atoms. The molecule has 7 heteroatoms. The normalized spacial score (nSPS) is 14.0. The SMILES string of the molecule is CC(Cc1ccc(Cl)cc1S(C)(=O)=O)C(=O)C(C#N)C=O. The third-order valence-electron chi connectivity index (χ3n) is 3.02. The summed E-state index contributed by atoms with van der Waals surface area (Å²) in [6.45, 7) is 1.55. The molecule has 1 rings (SSSR count). The number of hydrogen-bond donors (Lipinski definition) is 0. The van der Waals surface area contributed by atoms with Crippen molar-refractivity contribution in [2.24, 2.45) is 11.8 Å². The molecule has 2 atom stereocenters. The summed E-state index contributed by atoms with van der Waals surface area (Å²) in [5.41, 5.74) is 0.435. The zero-order valence-corrected chi connectivity index (χ0v) is 13.1. The van der Waals surface area contributed by atoms with Gasteiger partial charge in [0.25, 0.3) is 0 Å². The van der Waals surface area contributed by atoms with E-state index in [4.69, 9.17) is 16.9 Å². The van der Waals surface area contributed by atoms with Gasteiger partial charge in [-0.2, -0.15) is 5.26 Å². The van der Waals surface area contributed by atoms with Crippen molar-refractivity contribution in [3.05, 3.63) is 28.8 Å². The first-order chi connectivity index (χ1) is 9.70. The van der Waals surface area contributed by atoms with Crippen LogP contribution >= 0.6 is 11.6 Å². The Morgan fingerprint density at radius 3 is 2.57 bits per heavy atom. The molecular weight excluding hydrogens is 314 g/mol. The first-order valence-electron chi connectivity index (χ1n) is 6.07. The molecule has 0 aliphatic rings. The summed E-state index contributed by atoms with van der Waals surface area (Å²) < 4.78 is 23.5. The van der Waals surface area contributed by atoms with Gasteiger partial charge in [0.1, 0.15) is 6.29 Å². The maximum Gasteiger partial charge on any atom is 0.175 e. The topological polar surface area (TPSA) is 92.1 Å². The second-order valence-electron chi connectivity index (χ2n) is 4.77. The van der Waals surface area contributed by atoms with Crippen LogP contribution in [0.1, 0.15) is 12.5 Å². The second-order valence-corrected chi connectivity index (χ2v) is 7.20. The van der Waals surface area contributed by atoms with Gasteiger partial charge in [-0.3, -0.25) is 4.79 Å². The van der Waals surface area contributed by atoms with Crippen LogP contribution in [0.4, 0.5) is 0 Å². The van der Waals surface area contributed by atoms with Gasteiger partial charge < -0.3 is 4.79 Å². The Bertz CT molecular complexity index is 706. The van der Waals surface area contributed by atoms with Crippen molar-refractivity contribution in [2.75, 3.05) is 6.26 Å². The molecule has 0 aliphatic carbocycles. The minimum atomic E-state index is -3.49. The van der Waals surface area contributed by atoms with E-state index in [0.717, 1.165) is 6.26 Å². The lowest BCUT2D eigenvalue weighted by molar-refractivity contribution is -0.128. The van der Waals surface area contributed by atoms with Crippen LogP contribution < -0.4 is 0 Å². The molecule has 1 aromatic carbocycles. The summed E-state index contributed by atoms with van der Waals surface area (Å²) in [6.07, 6.45) is 1.46. The van der Waals surface area contributed by atoms with Gasteiger partial charge in [0.15, 0.2) is 21.5 Å². The summed E-state index contributed by atoms with van der Waals surface area (Å²) in [5.74, 6) is -2.50. The van der Waals surface area contributed by atoms with Crippen LogP contribution in [0.2, 0.25) is 5.02 Å². The molecule has 0 saturated heterocycles. The molecule has 2 unspecified atom stereocenters. The molecular formula is C14H14ClNO4S. The van der Waals surface area contributed by atoms with Crippen molar-refractivity contribution in [1.82, 2.24) is 0 Å². The Morgan fingerprint density at radius 1 is 1.48 bits per heavy atom. The number of sulfone groups is 1. The summed E-state index contributed by atoms with van der Waals surface area (Å²) in [4.78, 5) is 22.6. The number of carbonyl (C=O) groups is 2. The molecule has 0 N–H and O–H groups in total. The first-order valence-corrected chi connectivity index (χ1v) is 8.34. The standard InChI is InChI=1S/C14H14ClNO4S/c1-9(14(18)11(7-16)8-17)5-10-3-4-12(15)6-13(10)21(2,19)20/h3-4,6,8-9,11H,5H2,1-2H3. The van der Waals surface area contributed by atoms with Crippen molar-refractivity contribution in [2.45, 2.75) is 18.2 Å². The average Bonchev–Trinajstić information content (AvgIpc) is 2.40. The van der Waals surface area contributed by atoms with E-state index in [0.29, 0.717) is 5.56 Å². The van der Waals surface area contributed by atoms with Crippen LogP contribution in [0.15, 0.2) is 23.1 Å². The minimum Gasteiger partial charge on any atom is -0.301 e. The van der Waals surface area contributed by atoms with Crippen molar-refractivity contribution in [3.8, 4) is 6.07 Å². The van der Waals surface area contributed by atoms with E-state index in [-0.39, 0.29) is 22.6 Å². The number of halogens is 1. The Hall–Kier alpha value is -1.71. The van der Waals surface area contributed by atoms with Crippen LogP contribution in [0.25, 0.3) is 0 Å². The van der Waals surface area contributed by atoms with E-state index in [1.165, 1.54) is 18.2 Å². The van der Waals surface area contributed by atoms with Crippen molar-refractivity contribution >= 4 is 33.5 Å². The molecule has 1 aromatic rings. The number of aldehydes is 1. The highest BCUT2D eigenvalue weighted by Crippen LogP contribution is 2.24. The number of nitriles is 1. The fourth-order valence-electron chi connectivity index (χ4n) is 1.94. The molecule has 0 bridgehead atoms. The molecule has 0 saturated carbocycles. The molecule has 0 fully saturated rings. The van der Waals surface area contributed by atoms with Gasteiger partial charge in [-0.15, -0.1) is 0 Å². The molecule has 0 amide bonds. The van der Waals surface area contributed by atoms with Gasteiger partial charge in [-0.25, -0.2) is 8.42 Å². The molecule has 21 heavy (non-hydrogen) atoms. The van der Waals surface area contributed by atoms with Crippen LogP contribution in [0.3, 0.4) is 0 Å². The fourth-order valence-corrected chi connectivity index (χ4v) is 3.15. The zero-order valence-electron chi connectivity index (χ0n) is 11.5. The highest BCUT2D eigenvalue weighted by Gasteiger charge is 2.25. The van der Waals surface area contributed by atoms with E-state index in [2.05, 4.69) is 0 Å². The third-order valence-corrected chi connectivity index (χ3v) is 4.44. The smallest absolute Gasteiger partial charge is 0.175 e. The van der Waals surface area contributed by atoms with Crippen LogP contribution in [0.5, 0.6) is 0 Å². The van der Waals surface area contributed by atoms with E-state index < -0.39 is 27.5 Å². The van der Waals surface area contributed by atoms with Crippen molar-refractivity contribution in [3.63, 3.8) is 0 Å². The fraction of sp³-hybridized carbons (Fsp3) is 0.357. The Labute approximate surface area is 128 Å². The highest BCUT2D eigenvalue weighted by atomic mass is 35.5. The Morgan fingerprint density at radius 2 is 2.10 bits per heavy atom. The van der Waals surface area contributed by atoms with Gasteiger partial charge in [-0.1, -0.05) is 24.6 Å². The highest BCUT2D eigenvalue weighted by molar-refractivity contribution is 7.90. The molecule has 0 aromatic heterocycles. The number of hydrogen-bond acceptors (Lipinski definition) is 5. The van der Waals surface area contributed by atoms with Gasteiger partial charge in [0.2, 0.25) is 0 Å². The molecule has 5 nitrogen and oxygen atoms in total. The lowest BCUT2D eigenvalue weighted by atomic mass is 9.90. The molecule has 0 radical (unpaired) electrons. The summed E-state index contributed by atoms with van der Waals surface area (Å²) in [5, 5.41) is 8.99. The van der Waals surface area contributed by atoms with Gasteiger partial charge in [0.05, 0.1) is 11.0 Å². The summed E-state index contributed by atoms with van der Waals surface area (Å²) in [6, 6.07) is 6.00. The van der Waals surface area contributed by atoms with Crippen LogP contribution in [0, 0.1) is 23.2 Å². The summed E-state index contributed by atoms with van der Waals surface area (Å²) in [7, 11) is -3.49. The first kappa shape index (κ1) is 17.3.